The number of carbonyl (C=O) groups is 2. The van der Waals surface area contributed by atoms with Gasteiger partial charge < -0.3 is 29.4 Å². The van der Waals surface area contributed by atoms with Gasteiger partial charge in [-0.3, -0.25) is 4.79 Å². The van der Waals surface area contributed by atoms with Crippen LogP contribution in [0.25, 0.3) is 21.9 Å². The number of benzene rings is 2. The zero-order chi connectivity index (χ0) is 24.4. The maximum absolute atomic E-state index is 12.6. The number of aromatic amines is 1. The summed E-state index contributed by atoms with van der Waals surface area (Å²) in [5.74, 6) is -1.24. The van der Waals surface area contributed by atoms with Crippen molar-refractivity contribution in [3.63, 3.8) is 0 Å². The van der Waals surface area contributed by atoms with Crippen molar-refractivity contribution in [3.05, 3.63) is 75.3 Å². The first kappa shape index (κ1) is 23.1. The first-order valence-electron chi connectivity index (χ1n) is 10.9. The SMILES string of the molecule is COc1ccc2c(C)c(CCC(=O)N[C@@H](Cc3c[nH]c4ccccc34)C(=O)[O-])c(=O)oc2c1C. The average molecular weight is 461 g/mol. The van der Waals surface area contributed by atoms with Crippen LogP contribution in [0.2, 0.25) is 0 Å². The normalized spacial score (nSPS) is 12.1. The molecule has 0 unspecified atom stereocenters. The molecule has 0 radical (unpaired) electrons. The van der Waals surface area contributed by atoms with E-state index in [4.69, 9.17) is 9.15 Å². The van der Waals surface area contributed by atoms with Gasteiger partial charge in [-0.1, -0.05) is 18.2 Å². The molecule has 0 spiro atoms. The summed E-state index contributed by atoms with van der Waals surface area (Å²) < 4.78 is 10.8. The van der Waals surface area contributed by atoms with Crippen molar-refractivity contribution in [1.29, 1.82) is 0 Å². The smallest absolute Gasteiger partial charge is 0.339 e. The number of fused-ring (bicyclic) bond motifs is 2. The van der Waals surface area contributed by atoms with Crippen molar-refractivity contribution in [2.45, 2.75) is 39.2 Å². The van der Waals surface area contributed by atoms with E-state index in [1.807, 2.05) is 37.3 Å². The van der Waals surface area contributed by atoms with Crippen LogP contribution in [-0.4, -0.2) is 30.0 Å². The van der Waals surface area contributed by atoms with Gasteiger partial charge >= 0.3 is 5.63 Å². The van der Waals surface area contributed by atoms with E-state index in [2.05, 4.69) is 10.3 Å². The molecule has 1 amide bonds. The highest BCUT2D eigenvalue weighted by atomic mass is 16.5. The number of rotatable bonds is 8. The fraction of sp³-hybridized carbons (Fsp3) is 0.269. The summed E-state index contributed by atoms with van der Waals surface area (Å²) in [6.07, 6.45) is 1.86. The van der Waals surface area contributed by atoms with Gasteiger partial charge in [-0.25, -0.2) is 4.79 Å². The molecule has 4 rings (SSSR count). The second-order valence-corrected chi connectivity index (χ2v) is 8.27. The first-order valence-corrected chi connectivity index (χ1v) is 10.9. The largest absolute Gasteiger partial charge is 0.548 e. The Kier molecular flexibility index (Phi) is 6.40. The van der Waals surface area contributed by atoms with E-state index < -0.39 is 23.5 Å². The number of nitrogens with one attached hydrogen (secondary N) is 2. The van der Waals surface area contributed by atoms with Crippen molar-refractivity contribution < 1.29 is 23.8 Å². The lowest BCUT2D eigenvalue weighted by atomic mass is 10.00. The number of aliphatic carboxylic acids is 1. The first-order chi connectivity index (χ1) is 16.3. The summed E-state index contributed by atoms with van der Waals surface area (Å²) in [5, 5.41) is 15.9. The zero-order valence-electron chi connectivity index (χ0n) is 19.2. The Morgan fingerprint density at radius 1 is 1.12 bits per heavy atom. The minimum Gasteiger partial charge on any atom is -0.548 e. The third-order valence-electron chi connectivity index (χ3n) is 6.19. The Hall–Kier alpha value is -4.07. The molecule has 8 nitrogen and oxygen atoms in total. The van der Waals surface area contributed by atoms with Crippen LogP contribution in [0.3, 0.4) is 0 Å². The molecule has 0 fully saturated rings. The maximum atomic E-state index is 12.6. The van der Waals surface area contributed by atoms with E-state index in [1.165, 1.54) is 0 Å². The molecule has 8 heteroatoms. The van der Waals surface area contributed by atoms with E-state index in [9.17, 15) is 19.5 Å². The monoisotopic (exact) mass is 461 g/mol. The van der Waals surface area contributed by atoms with Crippen molar-refractivity contribution in [3.8, 4) is 5.75 Å². The second kappa shape index (κ2) is 9.43. The van der Waals surface area contributed by atoms with Crippen molar-refractivity contribution in [2.75, 3.05) is 7.11 Å². The zero-order valence-corrected chi connectivity index (χ0v) is 19.2. The summed E-state index contributed by atoms with van der Waals surface area (Å²) in [6.45, 7) is 3.61. The lowest BCUT2D eigenvalue weighted by Gasteiger charge is -2.19. The van der Waals surface area contributed by atoms with Gasteiger partial charge in [0.1, 0.15) is 11.3 Å². The highest BCUT2D eigenvalue weighted by Crippen LogP contribution is 2.29. The molecule has 176 valence electrons. The van der Waals surface area contributed by atoms with Crippen LogP contribution in [0, 0.1) is 13.8 Å². The number of ether oxygens (including phenoxy) is 1. The number of amides is 1. The molecule has 1 atom stereocenters. The second-order valence-electron chi connectivity index (χ2n) is 8.27. The van der Waals surface area contributed by atoms with Gasteiger partial charge in [-0.15, -0.1) is 0 Å². The van der Waals surface area contributed by atoms with Crippen LogP contribution in [0.1, 0.15) is 28.7 Å². The number of hydrogen-bond donors (Lipinski definition) is 2. The predicted molar refractivity (Wildman–Crippen MR) is 126 cm³/mol. The summed E-state index contributed by atoms with van der Waals surface area (Å²) >= 11 is 0. The van der Waals surface area contributed by atoms with Crippen molar-refractivity contribution in [2.24, 2.45) is 0 Å². The molecule has 2 heterocycles. The van der Waals surface area contributed by atoms with Crippen LogP contribution >= 0.6 is 0 Å². The molecule has 2 aromatic carbocycles. The van der Waals surface area contributed by atoms with Gasteiger partial charge in [0.05, 0.1) is 19.1 Å². The number of carbonyl (C=O) groups excluding carboxylic acids is 2. The van der Waals surface area contributed by atoms with Gasteiger partial charge in [-0.05, 0) is 49.6 Å². The average Bonchev–Trinajstić information content (AvgIpc) is 3.22. The summed E-state index contributed by atoms with van der Waals surface area (Å²) in [4.78, 5) is 40.0. The maximum Gasteiger partial charge on any atom is 0.339 e. The number of aryl methyl sites for hydroxylation is 2. The van der Waals surface area contributed by atoms with Crippen LogP contribution in [0.4, 0.5) is 0 Å². The van der Waals surface area contributed by atoms with E-state index >= 15 is 0 Å². The lowest BCUT2D eigenvalue weighted by molar-refractivity contribution is -0.308. The minimum absolute atomic E-state index is 0.0656. The van der Waals surface area contributed by atoms with Crippen molar-refractivity contribution in [1.82, 2.24) is 10.3 Å². The number of para-hydroxylation sites is 1. The van der Waals surface area contributed by atoms with Crippen LogP contribution < -0.4 is 20.8 Å². The number of methoxy groups -OCH3 is 1. The number of hydrogen-bond acceptors (Lipinski definition) is 6. The van der Waals surface area contributed by atoms with E-state index in [0.29, 0.717) is 16.9 Å². The van der Waals surface area contributed by atoms with Gasteiger partial charge in [0.25, 0.3) is 0 Å². The predicted octanol–water partition coefficient (Wildman–Crippen LogP) is 2.31. The fourth-order valence-electron chi connectivity index (χ4n) is 4.30. The number of carboxylic acid groups (broad SMARTS) is 1. The van der Waals surface area contributed by atoms with Gasteiger partial charge in [0, 0.05) is 46.5 Å². The Balaban J connectivity index is 1.49. The fourth-order valence-corrected chi connectivity index (χ4v) is 4.30. The Morgan fingerprint density at radius 3 is 2.62 bits per heavy atom. The van der Waals surface area contributed by atoms with Gasteiger partial charge in [-0.2, -0.15) is 0 Å². The molecular formula is C26H25N2O6-. The van der Waals surface area contributed by atoms with Crippen LogP contribution in [-0.2, 0) is 22.4 Å². The lowest BCUT2D eigenvalue weighted by Crippen LogP contribution is -2.49. The molecule has 4 aromatic rings. The molecule has 0 aliphatic carbocycles. The quantitative estimate of drug-likeness (QED) is 0.388. The molecule has 0 aliphatic heterocycles. The minimum atomic E-state index is -1.37. The number of H-pyrrole nitrogens is 1. The Bertz CT molecular complexity index is 1450. The molecule has 0 bridgehead atoms. The molecule has 0 saturated heterocycles. The summed E-state index contributed by atoms with van der Waals surface area (Å²) in [6, 6.07) is 9.93. The molecule has 0 saturated carbocycles. The summed E-state index contributed by atoms with van der Waals surface area (Å²) in [5.41, 5.74) is 3.40. The topological polar surface area (TPSA) is 124 Å². The summed E-state index contributed by atoms with van der Waals surface area (Å²) in [7, 11) is 1.55. The molecular weight excluding hydrogens is 436 g/mol. The van der Waals surface area contributed by atoms with Gasteiger partial charge in [0.2, 0.25) is 5.91 Å². The van der Waals surface area contributed by atoms with Crippen LogP contribution in [0.15, 0.2) is 51.8 Å². The number of aromatic nitrogens is 1. The standard InChI is InChI=1S/C26H26N2O6/c1-14-17-8-10-22(33-3)15(2)24(17)34-26(32)18(14)9-11-23(29)28-21(25(30)31)12-16-13-27-20-7-5-4-6-19(16)20/h4-8,10,13,21,27H,9,11-12H2,1-3H3,(H,28,29)(H,30,31)/p-1/t21-/m0/s1. The van der Waals surface area contributed by atoms with E-state index in [1.54, 1.807) is 26.3 Å². The number of carboxylic acids is 1. The molecule has 34 heavy (non-hydrogen) atoms. The molecule has 2 aromatic heterocycles. The highest BCUT2D eigenvalue weighted by molar-refractivity contribution is 5.87. The molecule has 0 aliphatic rings. The highest BCUT2D eigenvalue weighted by Gasteiger charge is 2.19. The van der Waals surface area contributed by atoms with E-state index in [0.717, 1.165) is 33.0 Å². The third-order valence-corrected chi connectivity index (χ3v) is 6.19. The molecule has 2 N–H and O–H groups in total. The van der Waals surface area contributed by atoms with Crippen molar-refractivity contribution >= 4 is 33.7 Å². The van der Waals surface area contributed by atoms with E-state index in [-0.39, 0.29) is 19.3 Å². The third kappa shape index (κ3) is 4.39. The Labute approximate surface area is 195 Å². The van der Waals surface area contributed by atoms with Gasteiger partial charge in [0.15, 0.2) is 0 Å². The Morgan fingerprint density at radius 2 is 1.88 bits per heavy atom. The van der Waals surface area contributed by atoms with Crippen LogP contribution in [0.5, 0.6) is 5.75 Å².